The summed E-state index contributed by atoms with van der Waals surface area (Å²) in [5, 5.41) is 1.31. The summed E-state index contributed by atoms with van der Waals surface area (Å²) >= 11 is 2.94. The minimum Gasteiger partial charge on any atom is -0.223 e. The average Bonchev–Trinajstić information content (AvgIpc) is 2.22. The number of alkyl halides is 1. The molecule has 0 fully saturated rings. The van der Waals surface area contributed by atoms with E-state index < -0.39 is 9.84 Å². The molecule has 0 N–H and O–H groups in total. The van der Waals surface area contributed by atoms with Crippen molar-refractivity contribution in [2.75, 3.05) is 4.66 Å². The van der Waals surface area contributed by atoms with Crippen LogP contribution in [0.15, 0.2) is 11.5 Å². The van der Waals surface area contributed by atoms with Gasteiger partial charge in [-0.3, -0.25) is 0 Å². The van der Waals surface area contributed by atoms with Crippen molar-refractivity contribution in [3.05, 3.63) is 11.5 Å². The molecule has 0 unspecified atom stereocenters. The number of sulfone groups is 1. The molecule has 90 valence electrons. The lowest BCUT2D eigenvalue weighted by atomic mass is 10.1. The fourth-order valence-corrected chi connectivity index (χ4v) is 2.25. The summed E-state index contributed by atoms with van der Waals surface area (Å²) in [6.45, 7) is 2.20. The van der Waals surface area contributed by atoms with E-state index in [9.17, 15) is 8.42 Å². The van der Waals surface area contributed by atoms with Crippen molar-refractivity contribution in [3.8, 4) is 0 Å². The lowest BCUT2D eigenvalue weighted by molar-refractivity contribution is 0.607. The van der Waals surface area contributed by atoms with Crippen molar-refractivity contribution in [2.24, 2.45) is 0 Å². The van der Waals surface area contributed by atoms with E-state index in [0.717, 1.165) is 12.8 Å². The third-order valence-electron chi connectivity index (χ3n) is 2.18. The minimum absolute atomic E-state index is 0.0208. The van der Waals surface area contributed by atoms with Crippen LogP contribution < -0.4 is 0 Å². The first-order chi connectivity index (χ1) is 7.12. The monoisotopic (exact) mass is 296 g/mol. The Kier molecular flexibility index (Phi) is 9.51. The van der Waals surface area contributed by atoms with Crippen LogP contribution in [-0.2, 0) is 9.84 Å². The molecule has 0 aromatic heterocycles. The maximum Gasteiger partial charge on any atom is 0.181 e. The maximum atomic E-state index is 11.0. The van der Waals surface area contributed by atoms with Gasteiger partial charge in [-0.2, -0.15) is 0 Å². The lowest BCUT2D eigenvalue weighted by Crippen LogP contribution is -1.94. The summed E-state index contributed by atoms with van der Waals surface area (Å²) < 4.78 is 22.1. The van der Waals surface area contributed by atoms with Crippen LogP contribution in [-0.4, -0.2) is 13.1 Å². The standard InChI is InChI=1S/C11H21BrO2S/c1-2-3-4-5-6-7-8-9-10-15(13,14)11-12/h9-10H,2-8,11H2,1H3/b10-9+. The Morgan fingerprint density at radius 3 is 2.27 bits per heavy atom. The first kappa shape index (κ1) is 15.2. The zero-order chi connectivity index (χ0) is 11.6. The summed E-state index contributed by atoms with van der Waals surface area (Å²) in [6, 6.07) is 0. The van der Waals surface area contributed by atoms with Gasteiger partial charge >= 0.3 is 0 Å². The summed E-state index contributed by atoms with van der Waals surface area (Å²) in [5.41, 5.74) is 0. The summed E-state index contributed by atoms with van der Waals surface area (Å²) in [4.78, 5) is 0. The van der Waals surface area contributed by atoms with Crippen molar-refractivity contribution in [2.45, 2.75) is 51.9 Å². The maximum absolute atomic E-state index is 11.0. The van der Waals surface area contributed by atoms with Gasteiger partial charge in [0, 0.05) is 5.41 Å². The highest BCUT2D eigenvalue weighted by molar-refractivity contribution is 9.10. The minimum atomic E-state index is -2.98. The molecular weight excluding hydrogens is 276 g/mol. The number of hydrogen-bond acceptors (Lipinski definition) is 2. The van der Waals surface area contributed by atoms with E-state index in [0.29, 0.717) is 0 Å². The van der Waals surface area contributed by atoms with E-state index in [-0.39, 0.29) is 4.66 Å². The van der Waals surface area contributed by atoms with Crippen LogP contribution in [0.1, 0.15) is 51.9 Å². The van der Waals surface area contributed by atoms with Gasteiger partial charge in [0.15, 0.2) is 9.84 Å². The van der Waals surface area contributed by atoms with Crippen LogP contribution in [0.5, 0.6) is 0 Å². The van der Waals surface area contributed by atoms with E-state index in [2.05, 4.69) is 22.9 Å². The fourth-order valence-electron chi connectivity index (χ4n) is 1.29. The molecule has 0 aromatic rings. The second-order valence-corrected chi connectivity index (χ2v) is 6.89. The lowest BCUT2D eigenvalue weighted by Gasteiger charge is -1.97. The van der Waals surface area contributed by atoms with E-state index in [1.54, 1.807) is 6.08 Å². The van der Waals surface area contributed by atoms with Crippen molar-refractivity contribution in [3.63, 3.8) is 0 Å². The first-order valence-corrected chi connectivity index (χ1v) is 8.41. The number of allylic oxidation sites excluding steroid dienone is 1. The molecule has 0 atom stereocenters. The van der Waals surface area contributed by atoms with Gasteiger partial charge in [-0.15, -0.1) is 0 Å². The van der Waals surface area contributed by atoms with Gasteiger partial charge < -0.3 is 0 Å². The van der Waals surface area contributed by atoms with Gasteiger partial charge in [0.25, 0.3) is 0 Å². The Hall–Kier alpha value is 0.170. The average molecular weight is 297 g/mol. The molecular formula is C11H21BrO2S. The third-order valence-corrected chi connectivity index (χ3v) is 5.01. The molecule has 0 aliphatic carbocycles. The van der Waals surface area contributed by atoms with Crippen LogP contribution in [0.3, 0.4) is 0 Å². The highest BCUT2D eigenvalue weighted by Crippen LogP contribution is 2.08. The smallest absolute Gasteiger partial charge is 0.181 e. The Morgan fingerprint density at radius 1 is 1.07 bits per heavy atom. The number of halogens is 1. The Bertz CT molecular complexity index is 258. The molecule has 0 heterocycles. The molecule has 0 bridgehead atoms. The summed E-state index contributed by atoms with van der Waals surface area (Å²) in [7, 11) is -2.98. The van der Waals surface area contributed by atoms with E-state index in [1.807, 2.05) is 0 Å². The van der Waals surface area contributed by atoms with Gasteiger partial charge in [-0.25, -0.2) is 8.42 Å². The van der Waals surface area contributed by atoms with Crippen molar-refractivity contribution >= 4 is 25.8 Å². The third kappa shape index (κ3) is 10.5. The van der Waals surface area contributed by atoms with Gasteiger partial charge in [-0.05, 0) is 12.8 Å². The molecule has 0 saturated carbocycles. The molecule has 0 amide bonds. The van der Waals surface area contributed by atoms with E-state index in [4.69, 9.17) is 0 Å². The van der Waals surface area contributed by atoms with E-state index in [1.165, 1.54) is 37.5 Å². The highest BCUT2D eigenvalue weighted by Gasteiger charge is 2.00. The predicted molar refractivity (Wildman–Crippen MR) is 69.8 cm³/mol. The molecule has 0 spiro atoms. The number of rotatable bonds is 9. The molecule has 15 heavy (non-hydrogen) atoms. The number of unbranched alkanes of at least 4 members (excludes halogenated alkanes) is 6. The zero-order valence-corrected chi connectivity index (χ0v) is 11.8. The molecule has 0 aromatic carbocycles. The van der Waals surface area contributed by atoms with Gasteiger partial charge in [0.05, 0.1) is 0 Å². The van der Waals surface area contributed by atoms with Gasteiger partial charge in [-0.1, -0.05) is 61.0 Å². The molecule has 4 heteroatoms. The fraction of sp³-hybridized carbons (Fsp3) is 0.818. The van der Waals surface area contributed by atoms with Crippen LogP contribution in [0.2, 0.25) is 0 Å². The SMILES string of the molecule is CCCCCCCC/C=C/S(=O)(=O)CBr. The normalized spacial score (nSPS) is 12.4. The molecule has 0 rings (SSSR count). The Morgan fingerprint density at radius 2 is 1.67 bits per heavy atom. The summed E-state index contributed by atoms with van der Waals surface area (Å²) in [5.74, 6) is 0. The van der Waals surface area contributed by atoms with Gasteiger partial charge in [0.1, 0.15) is 4.66 Å². The first-order valence-electron chi connectivity index (χ1n) is 5.57. The molecule has 0 aliphatic rings. The molecule has 0 saturated heterocycles. The van der Waals surface area contributed by atoms with Crippen LogP contribution in [0.25, 0.3) is 0 Å². The summed E-state index contributed by atoms with van der Waals surface area (Å²) in [6.07, 6.45) is 10.1. The Labute approximate surface area is 102 Å². The molecule has 0 aliphatic heterocycles. The van der Waals surface area contributed by atoms with E-state index >= 15 is 0 Å². The second-order valence-electron chi connectivity index (χ2n) is 3.70. The second kappa shape index (κ2) is 9.40. The molecule has 2 nitrogen and oxygen atoms in total. The highest BCUT2D eigenvalue weighted by atomic mass is 79.9. The van der Waals surface area contributed by atoms with Crippen LogP contribution in [0.4, 0.5) is 0 Å². The Balaban J connectivity index is 3.39. The quantitative estimate of drug-likeness (QED) is 0.476. The van der Waals surface area contributed by atoms with Crippen LogP contribution in [0, 0.1) is 0 Å². The molecule has 0 radical (unpaired) electrons. The van der Waals surface area contributed by atoms with Crippen molar-refractivity contribution in [1.29, 1.82) is 0 Å². The largest absolute Gasteiger partial charge is 0.223 e. The van der Waals surface area contributed by atoms with Crippen LogP contribution >= 0.6 is 15.9 Å². The van der Waals surface area contributed by atoms with Crippen molar-refractivity contribution in [1.82, 2.24) is 0 Å². The number of hydrogen-bond donors (Lipinski definition) is 0. The van der Waals surface area contributed by atoms with Gasteiger partial charge in [0.2, 0.25) is 0 Å². The predicted octanol–water partition coefficient (Wildman–Crippen LogP) is 4.02. The van der Waals surface area contributed by atoms with Crippen molar-refractivity contribution < 1.29 is 8.42 Å². The zero-order valence-electron chi connectivity index (χ0n) is 9.41. The topological polar surface area (TPSA) is 34.1 Å².